The van der Waals surface area contributed by atoms with Crippen LogP contribution in [0.2, 0.25) is 0 Å². The standard InChI is InChI=1S/C17H24O4/c1-11-14-10-16(19)13(12(14)8-9-15(11)18)6-4-2-3-5-7-17(20)21/h10-11,15,18H,2-9H2,1H3,(H,20,21). The van der Waals surface area contributed by atoms with Gasteiger partial charge in [0, 0.05) is 17.9 Å². The van der Waals surface area contributed by atoms with E-state index in [0.29, 0.717) is 6.42 Å². The third kappa shape index (κ3) is 3.82. The highest BCUT2D eigenvalue weighted by Crippen LogP contribution is 2.41. The van der Waals surface area contributed by atoms with E-state index in [2.05, 4.69) is 0 Å². The van der Waals surface area contributed by atoms with Crippen molar-refractivity contribution in [1.29, 1.82) is 0 Å². The maximum Gasteiger partial charge on any atom is 0.303 e. The highest BCUT2D eigenvalue weighted by atomic mass is 16.4. The Morgan fingerprint density at radius 2 is 2.00 bits per heavy atom. The lowest BCUT2D eigenvalue weighted by Gasteiger charge is -2.28. The van der Waals surface area contributed by atoms with Crippen molar-refractivity contribution < 1.29 is 19.8 Å². The zero-order valence-corrected chi connectivity index (χ0v) is 12.6. The highest BCUT2D eigenvalue weighted by Gasteiger charge is 2.33. The van der Waals surface area contributed by atoms with Crippen LogP contribution in [0.4, 0.5) is 0 Å². The molecule has 0 aromatic heterocycles. The Kier molecular flexibility index (Phi) is 5.34. The number of unbranched alkanes of at least 4 members (excludes halogenated alkanes) is 3. The normalized spacial score (nSPS) is 25.0. The molecule has 1 fully saturated rings. The fourth-order valence-electron chi connectivity index (χ4n) is 3.30. The van der Waals surface area contributed by atoms with Crippen molar-refractivity contribution in [3.63, 3.8) is 0 Å². The van der Waals surface area contributed by atoms with Gasteiger partial charge in [0.15, 0.2) is 5.78 Å². The van der Waals surface area contributed by atoms with Gasteiger partial charge in [-0.2, -0.15) is 0 Å². The molecule has 0 heterocycles. The third-order valence-electron chi connectivity index (χ3n) is 4.62. The fourth-order valence-corrected chi connectivity index (χ4v) is 3.30. The molecule has 0 spiro atoms. The third-order valence-corrected chi connectivity index (χ3v) is 4.62. The molecule has 21 heavy (non-hydrogen) atoms. The molecule has 0 radical (unpaired) electrons. The fraction of sp³-hybridized carbons (Fsp3) is 0.647. The summed E-state index contributed by atoms with van der Waals surface area (Å²) in [6.07, 6.45) is 7.44. The van der Waals surface area contributed by atoms with E-state index in [0.717, 1.165) is 49.7 Å². The number of aliphatic carboxylic acids is 1. The van der Waals surface area contributed by atoms with E-state index in [1.54, 1.807) is 6.08 Å². The first-order valence-electron chi connectivity index (χ1n) is 7.89. The smallest absolute Gasteiger partial charge is 0.303 e. The molecule has 4 nitrogen and oxygen atoms in total. The highest BCUT2D eigenvalue weighted by molar-refractivity contribution is 6.09. The Hall–Kier alpha value is -1.42. The maximum absolute atomic E-state index is 12.1. The second kappa shape index (κ2) is 7.03. The van der Waals surface area contributed by atoms with Crippen LogP contribution < -0.4 is 0 Å². The monoisotopic (exact) mass is 292 g/mol. The summed E-state index contributed by atoms with van der Waals surface area (Å²) in [5.41, 5.74) is 3.14. The van der Waals surface area contributed by atoms with Crippen molar-refractivity contribution in [3.8, 4) is 0 Å². The van der Waals surface area contributed by atoms with Crippen molar-refractivity contribution in [1.82, 2.24) is 0 Å². The summed E-state index contributed by atoms with van der Waals surface area (Å²) in [6, 6.07) is 0. The van der Waals surface area contributed by atoms with Crippen molar-refractivity contribution in [2.75, 3.05) is 0 Å². The molecule has 0 aromatic carbocycles. The number of hydrogen-bond donors (Lipinski definition) is 2. The molecular weight excluding hydrogens is 268 g/mol. The summed E-state index contributed by atoms with van der Waals surface area (Å²) in [7, 11) is 0. The van der Waals surface area contributed by atoms with E-state index in [-0.39, 0.29) is 24.2 Å². The first-order chi connectivity index (χ1) is 10.0. The van der Waals surface area contributed by atoms with Crippen LogP contribution >= 0.6 is 0 Å². The summed E-state index contributed by atoms with van der Waals surface area (Å²) in [5.74, 6) is -0.563. The van der Waals surface area contributed by atoms with Gasteiger partial charge in [0.05, 0.1) is 6.10 Å². The number of aliphatic hydroxyl groups is 1. The van der Waals surface area contributed by atoms with Gasteiger partial charge in [-0.15, -0.1) is 0 Å². The van der Waals surface area contributed by atoms with Crippen LogP contribution in [0.1, 0.15) is 58.3 Å². The number of rotatable bonds is 7. The molecule has 0 saturated heterocycles. The van der Waals surface area contributed by atoms with Crippen LogP contribution in [-0.2, 0) is 9.59 Å². The predicted octanol–water partition coefficient (Wildman–Crippen LogP) is 3.01. The number of hydrogen-bond acceptors (Lipinski definition) is 3. The quantitative estimate of drug-likeness (QED) is 0.707. The van der Waals surface area contributed by atoms with Gasteiger partial charge in [-0.05, 0) is 49.3 Å². The summed E-state index contributed by atoms with van der Waals surface area (Å²) >= 11 is 0. The Morgan fingerprint density at radius 3 is 2.71 bits per heavy atom. The van der Waals surface area contributed by atoms with Crippen LogP contribution in [0.5, 0.6) is 0 Å². The second-order valence-corrected chi connectivity index (χ2v) is 6.12. The van der Waals surface area contributed by atoms with Crippen LogP contribution in [0.25, 0.3) is 0 Å². The van der Waals surface area contributed by atoms with Gasteiger partial charge in [0.2, 0.25) is 0 Å². The second-order valence-electron chi connectivity index (χ2n) is 6.12. The van der Waals surface area contributed by atoms with Crippen molar-refractivity contribution >= 4 is 11.8 Å². The van der Waals surface area contributed by atoms with Crippen molar-refractivity contribution in [2.24, 2.45) is 5.92 Å². The van der Waals surface area contributed by atoms with E-state index >= 15 is 0 Å². The average molecular weight is 292 g/mol. The Bertz CT molecular complexity index is 487. The summed E-state index contributed by atoms with van der Waals surface area (Å²) in [5, 5.41) is 18.5. The molecule has 0 amide bonds. The lowest BCUT2D eigenvalue weighted by molar-refractivity contribution is -0.137. The molecule has 2 aliphatic carbocycles. The zero-order valence-electron chi connectivity index (χ0n) is 12.6. The summed E-state index contributed by atoms with van der Waals surface area (Å²) in [4.78, 5) is 22.5. The minimum absolute atomic E-state index is 0.0609. The zero-order chi connectivity index (χ0) is 15.4. The van der Waals surface area contributed by atoms with Gasteiger partial charge in [-0.1, -0.05) is 19.8 Å². The molecule has 0 bridgehead atoms. The molecule has 2 rings (SSSR count). The van der Waals surface area contributed by atoms with Crippen LogP contribution in [-0.4, -0.2) is 28.1 Å². The molecule has 1 saturated carbocycles. The van der Waals surface area contributed by atoms with Crippen LogP contribution in [0.3, 0.4) is 0 Å². The Labute approximate surface area is 125 Å². The van der Waals surface area contributed by atoms with E-state index in [1.165, 1.54) is 5.57 Å². The van der Waals surface area contributed by atoms with Gasteiger partial charge < -0.3 is 10.2 Å². The summed E-state index contributed by atoms with van der Waals surface area (Å²) in [6.45, 7) is 1.98. The molecule has 4 heteroatoms. The van der Waals surface area contributed by atoms with E-state index in [1.807, 2.05) is 6.92 Å². The lowest BCUT2D eigenvalue weighted by Crippen LogP contribution is -2.24. The number of fused-ring (bicyclic) bond motifs is 1. The Morgan fingerprint density at radius 1 is 1.29 bits per heavy atom. The number of carbonyl (C=O) groups is 2. The Balaban J connectivity index is 1.84. The van der Waals surface area contributed by atoms with Crippen LogP contribution in [0, 0.1) is 5.92 Å². The minimum Gasteiger partial charge on any atom is -0.481 e. The number of aliphatic hydroxyl groups excluding tert-OH is 1. The van der Waals surface area contributed by atoms with E-state index in [9.17, 15) is 14.7 Å². The number of carbonyl (C=O) groups excluding carboxylic acids is 1. The minimum atomic E-state index is -0.741. The first-order valence-corrected chi connectivity index (χ1v) is 7.89. The molecule has 0 aliphatic heterocycles. The van der Waals surface area contributed by atoms with Crippen molar-refractivity contribution in [3.05, 3.63) is 22.8 Å². The van der Waals surface area contributed by atoms with Gasteiger partial charge >= 0.3 is 5.97 Å². The molecule has 2 aliphatic rings. The number of carboxylic acid groups (broad SMARTS) is 1. The van der Waals surface area contributed by atoms with Crippen LogP contribution in [0.15, 0.2) is 22.8 Å². The molecule has 2 unspecified atom stereocenters. The van der Waals surface area contributed by atoms with Gasteiger partial charge in [-0.25, -0.2) is 0 Å². The number of ketones is 1. The largest absolute Gasteiger partial charge is 0.481 e. The van der Waals surface area contributed by atoms with Crippen molar-refractivity contribution in [2.45, 2.75) is 64.4 Å². The van der Waals surface area contributed by atoms with E-state index in [4.69, 9.17) is 5.11 Å². The molecule has 2 N–H and O–H groups in total. The topological polar surface area (TPSA) is 74.6 Å². The first kappa shape index (κ1) is 16.0. The van der Waals surface area contributed by atoms with Gasteiger partial charge in [-0.3, -0.25) is 9.59 Å². The van der Waals surface area contributed by atoms with Gasteiger partial charge in [0.25, 0.3) is 0 Å². The number of allylic oxidation sites excluding steroid dienone is 3. The average Bonchev–Trinajstić information content (AvgIpc) is 2.75. The summed E-state index contributed by atoms with van der Waals surface area (Å²) < 4.78 is 0. The maximum atomic E-state index is 12.1. The SMILES string of the molecule is CC1C2=CC(=O)C(CCCCCCC(=O)O)=C2CCC1O. The van der Waals surface area contributed by atoms with Gasteiger partial charge in [0.1, 0.15) is 0 Å². The number of carboxylic acids is 1. The molecule has 2 atom stereocenters. The lowest BCUT2D eigenvalue weighted by atomic mass is 9.80. The molecule has 116 valence electrons. The van der Waals surface area contributed by atoms with E-state index < -0.39 is 5.97 Å². The molecular formula is C17H24O4. The predicted molar refractivity (Wildman–Crippen MR) is 79.9 cm³/mol. The molecule has 0 aromatic rings.